The number of hydrogen-bond acceptors (Lipinski definition) is 4. The summed E-state index contributed by atoms with van der Waals surface area (Å²) in [5.74, 6) is 0. The van der Waals surface area contributed by atoms with Crippen molar-refractivity contribution in [3.8, 4) is 0 Å². The molecule has 1 aromatic rings. The lowest BCUT2D eigenvalue weighted by atomic mass is 10.2. The van der Waals surface area contributed by atoms with Crippen molar-refractivity contribution in [2.75, 3.05) is 31.9 Å². The Kier molecular flexibility index (Phi) is 4.36. The molecule has 1 fully saturated rings. The zero-order valence-corrected chi connectivity index (χ0v) is 13.2. The van der Waals surface area contributed by atoms with Crippen molar-refractivity contribution in [1.29, 1.82) is 0 Å². The third-order valence-corrected chi connectivity index (χ3v) is 6.09. The highest BCUT2D eigenvalue weighted by Gasteiger charge is 2.32. The largest absolute Gasteiger partial charge is 0.398 e. The van der Waals surface area contributed by atoms with Gasteiger partial charge in [0.25, 0.3) is 0 Å². The molecule has 1 atom stereocenters. The van der Waals surface area contributed by atoms with Crippen LogP contribution < -0.4 is 5.73 Å². The predicted octanol–water partition coefficient (Wildman–Crippen LogP) is 1.29. The number of sulfonamides is 1. The molecule has 5 nitrogen and oxygen atoms in total. The first-order chi connectivity index (χ1) is 9.37. The van der Waals surface area contributed by atoms with Gasteiger partial charge in [0.2, 0.25) is 10.0 Å². The molecule has 112 valence electrons. The van der Waals surface area contributed by atoms with Gasteiger partial charge in [0, 0.05) is 31.4 Å². The Bertz CT molecular complexity index is 586. The molecule has 0 bridgehead atoms. The van der Waals surface area contributed by atoms with Gasteiger partial charge in [-0.05, 0) is 38.1 Å². The summed E-state index contributed by atoms with van der Waals surface area (Å²) in [7, 11) is -3.45. The number of nitrogens with two attached hydrogens (primary N) is 1. The monoisotopic (exact) mass is 297 g/mol. The summed E-state index contributed by atoms with van der Waals surface area (Å²) in [5.41, 5.74) is 6.98. The second kappa shape index (κ2) is 5.71. The van der Waals surface area contributed by atoms with Crippen molar-refractivity contribution < 1.29 is 8.42 Å². The van der Waals surface area contributed by atoms with Gasteiger partial charge in [-0.3, -0.25) is 4.90 Å². The number of rotatable bonds is 3. The van der Waals surface area contributed by atoms with Crippen molar-refractivity contribution in [2.24, 2.45) is 0 Å². The van der Waals surface area contributed by atoms with Crippen molar-refractivity contribution in [3.63, 3.8) is 0 Å². The quantitative estimate of drug-likeness (QED) is 0.854. The predicted molar refractivity (Wildman–Crippen MR) is 81.1 cm³/mol. The highest BCUT2D eigenvalue weighted by Crippen LogP contribution is 2.25. The Morgan fingerprint density at radius 2 is 2.05 bits per heavy atom. The molecule has 1 aliphatic heterocycles. The van der Waals surface area contributed by atoms with Crippen LogP contribution in [-0.2, 0) is 10.0 Å². The average molecular weight is 297 g/mol. The third kappa shape index (κ3) is 2.68. The molecular weight excluding hydrogens is 274 g/mol. The lowest BCUT2D eigenvalue weighted by Gasteiger charge is -2.38. The van der Waals surface area contributed by atoms with Gasteiger partial charge in [-0.25, -0.2) is 8.42 Å². The minimum Gasteiger partial charge on any atom is -0.398 e. The van der Waals surface area contributed by atoms with Gasteiger partial charge in [0.05, 0.1) is 4.90 Å². The Balaban J connectivity index is 2.30. The van der Waals surface area contributed by atoms with Crippen LogP contribution >= 0.6 is 0 Å². The average Bonchev–Trinajstić information content (AvgIpc) is 2.41. The maximum Gasteiger partial charge on any atom is 0.243 e. The zero-order valence-electron chi connectivity index (χ0n) is 12.3. The van der Waals surface area contributed by atoms with E-state index in [1.54, 1.807) is 29.4 Å². The number of anilines is 1. The highest BCUT2D eigenvalue weighted by atomic mass is 32.2. The molecule has 6 heteroatoms. The second-order valence-electron chi connectivity index (χ2n) is 5.31. The smallest absolute Gasteiger partial charge is 0.243 e. The molecule has 0 radical (unpaired) electrons. The van der Waals surface area contributed by atoms with E-state index in [9.17, 15) is 8.42 Å². The molecule has 0 aromatic heterocycles. The lowest BCUT2D eigenvalue weighted by Crippen LogP contribution is -2.53. The van der Waals surface area contributed by atoms with E-state index < -0.39 is 10.0 Å². The van der Waals surface area contributed by atoms with E-state index in [4.69, 9.17) is 5.73 Å². The van der Waals surface area contributed by atoms with Crippen LogP contribution in [0.3, 0.4) is 0 Å². The second-order valence-corrected chi connectivity index (χ2v) is 7.22. The van der Waals surface area contributed by atoms with Crippen molar-refractivity contribution in [3.05, 3.63) is 23.8 Å². The maximum absolute atomic E-state index is 12.8. The fourth-order valence-electron chi connectivity index (χ4n) is 2.70. The minimum atomic E-state index is -3.45. The number of nitrogens with zero attached hydrogens (tertiary/aromatic N) is 2. The normalized spacial score (nSPS) is 22.1. The van der Waals surface area contributed by atoms with Gasteiger partial charge >= 0.3 is 0 Å². The van der Waals surface area contributed by atoms with Crippen LogP contribution in [0.25, 0.3) is 0 Å². The van der Waals surface area contributed by atoms with Gasteiger partial charge in [-0.1, -0.05) is 13.0 Å². The Morgan fingerprint density at radius 3 is 2.65 bits per heavy atom. The Morgan fingerprint density at radius 1 is 1.35 bits per heavy atom. The molecular formula is C14H23N3O2S. The van der Waals surface area contributed by atoms with Crippen LogP contribution in [0.2, 0.25) is 0 Å². The number of piperazine rings is 1. The van der Waals surface area contributed by atoms with Crippen LogP contribution in [0.4, 0.5) is 5.69 Å². The molecule has 0 amide bonds. The summed E-state index contributed by atoms with van der Waals surface area (Å²) in [4.78, 5) is 2.62. The molecule has 1 saturated heterocycles. The van der Waals surface area contributed by atoms with Crippen molar-refractivity contribution >= 4 is 15.7 Å². The Labute approximate surface area is 121 Å². The van der Waals surface area contributed by atoms with E-state index in [0.717, 1.165) is 13.1 Å². The van der Waals surface area contributed by atoms with E-state index in [2.05, 4.69) is 18.7 Å². The minimum absolute atomic E-state index is 0.241. The molecule has 1 aromatic carbocycles. The van der Waals surface area contributed by atoms with Crippen LogP contribution in [0.15, 0.2) is 23.1 Å². The van der Waals surface area contributed by atoms with E-state index >= 15 is 0 Å². The summed E-state index contributed by atoms with van der Waals surface area (Å²) in [5, 5.41) is 0. The summed E-state index contributed by atoms with van der Waals surface area (Å²) in [6.07, 6.45) is 0. The van der Waals surface area contributed by atoms with E-state index in [0.29, 0.717) is 29.2 Å². The molecule has 0 spiro atoms. The first-order valence-electron chi connectivity index (χ1n) is 6.97. The first kappa shape index (κ1) is 15.3. The van der Waals surface area contributed by atoms with Crippen molar-refractivity contribution in [1.82, 2.24) is 9.21 Å². The standard InChI is InChI=1S/C14H23N3O2S/c1-4-16-8-9-17(10-11(16)2)20(18,19)14-7-5-6-13(15)12(14)3/h5-7,11H,4,8-10,15H2,1-3H3. The molecule has 1 aliphatic rings. The maximum atomic E-state index is 12.8. The molecule has 1 heterocycles. The van der Waals surface area contributed by atoms with Gasteiger partial charge in [0.15, 0.2) is 0 Å². The molecule has 0 saturated carbocycles. The molecule has 20 heavy (non-hydrogen) atoms. The SMILES string of the molecule is CCN1CCN(S(=O)(=O)c2cccc(N)c2C)CC1C. The van der Waals surface area contributed by atoms with Gasteiger partial charge < -0.3 is 5.73 Å². The van der Waals surface area contributed by atoms with Gasteiger partial charge in [-0.15, -0.1) is 0 Å². The van der Waals surface area contributed by atoms with E-state index in [-0.39, 0.29) is 6.04 Å². The van der Waals surface area contributed by atoms with Gasteiger partial charge in [-0.2, -0.15) is 4.31 Å². The fraction of sp³-hybridized carbons (Fsp3) is 0.571. The number of nitrogen functional groups attached to an aromatic ring is 1. The van der Waals surface area contributed by atoms with Crippen LogP contribution in [0.5, 0.6) is 0 Å². The summed E-state index contributed by atoms with van der Waals surface area (Å²) >= 11 is 0. The number of benzene rings is 1. The summed E-state index contributed by atoms with van der Waals surface area (Å²) in [6.45, 7) is 8.72. The molecule has 0 aliphatic carbocycles. The molecule has 1 unspecified atom stereocenters. The molecule has 2 N–H and O–H groups in total. The van der Waals surface area contributed by atoms with E-state index in [1.807, 2.05) is 0 Å². The van der Waals surface area contributed by atoms with E-state index in [1.165, 1.54) is 0 Å². The zero-order chi connectivity index (χ0) is 14.9. The topological polar surface area (TPSA) is 66.6 Å². The third-order valence-electron chi connectivity index (χ3n) is 4.08. The van der Waals surface area contributed by atoms with Gasteiger partial charge in [0.1, 0.15) is 0 Å². The fourth-order valence-corrected chi connectivity index (χ4v) is 4.47. The van der Waals surface area contributed by atoms with Crippen LogP contribution in [0.1, 0.15) is 19.4 Å². The Hall–Kier alpha value is -1.11. The van der Waals surface area contributed by atoms with Crippen LogP contribution in [0, 0.1) is 6.92 Å². The summed E-state index contributed by atoms with van der Waals surface area (Å²) < 4.78 is 27.1. The first-order valence-corrected chi connectivity index (χ1v) is 8.41. The lowest BCUT2D eigenvalue weighted by molar-refractivity contribution is 0.135. The number of likely N-dealkylation sites (N-methyl/N-ethyl adjacent to an activating group) is 1. The van der Waals surface area contributed by atoms with Crippen LogP contribution in [-0.4, -0.2) is 49.8 Å². The summed E-state index contributed by atoms with van der Waals surface area (Å²) in [6, 6.07) is 5.30. The molecule has 2 rings (SSSR count). The highest BCUT2D eigenvalue weighted by molar-refractivity contribution is 7.89. The number of hydrogen-bond donors (Lipinski definition) is 1. The van der Waals surface area contributed by atoms with Crippen molar-refractivity contribution in [2.45, 2.75) is 31.7 Å².